The van der Waals surface area contributed by atoms with Crippen LogP contribution < -0.4 is 5.56 Å². The molecule has 0 aliphatic rings. The molecule has 0 aliphatic heterocycles. The van der Waals surface area contributed by atoms with Crippen LogP contribution in [0.3, 0.4) is 0 Å². The molecule has 2 rings (SSSR count). The predicted molar refractivity (Wildman–Crippen MR) is 69.3 cm³/mol. The van der Waals surface area contributed by atoms with Crippen LogP contribution in [0, 0.1) is 5.82 Å². The highest BCUT2D eigenvalue weighted by molar-refractivity contribution is 6.30. The van der Waals surface area contributed by atoms with Crippen LogP contribution in [-0.4, -0.2) is 9.97 Å². The summed E-state index contributed by atoms with van der Waals surface area (Å²) in [7, 11) is 0. The van der Waals surface area contributed by atoms with Crippen molar-refractivity contribution >= 4 is 11.6 Å². The van der Waals surface area contributed by atoms with Gasteiger partial charge in [-0.15, -0.1) is 0 Å². The predicted octanol–water partition coefficient (Wildman–Crippen LogP) is 3.18. The molecule has 0 amide bonds. The molecule has 0 atom stereocenters. The van der Waals surface area contributed by atoms with Crippen molar-refractivity contribution in [3.8, 4) is 11.4 Å². The first kappa shape index (κ1) is 12.8. The average molecular weight is 267 g/mol. The molecule has 94 valence electrons. The van der Waals surface area contributed by atoms with E-state index < -0.39 is 5.82 Å². The first-order chi connectivity index (χ1) is 8.60. The number of H-pyrrole nitrogens is 1. The van der Waals surface area contributed by atoms with Crippen LogP contribution in [0.2, 0.25) is 5.02 Å². The molecule has 0 aliphatic carbocycles. The fourth-order valence-electron chi connectivity index (χ4n) is 1.67. The lowest BCUT2D eigenvalue weighted by atomic mass is 10.2. The fraction of sp³-hybridized carbons (Fsp3) is 0.231. The lowest BCUT2D eigenvalue weighted by molar-refractivity contribution is 0.628. The van der Waals surface area contributed by atoms with Gasteiger partial charge < -0.3 is 4.98 Å². The summed E-state index contributed by atoms with van der Waals surface area (Å²) >= 11 is 5.61. The van der Waals surface area contributed by atoms with E-state index in [0.29, 0.717) is 23.5 Å². The summed E-state index contributed by atoms with van der Waals surface area (Å²) in [4.78, 5) is 18.4. The van der Waals surface area contributed by atoms with Gasteiger partial charge in [-0.1, -0.05) is 24.9 Å². The Morgan fingerprint density at radius 1 is 1.39 bits per heavy atom. The second kappa shape index (κ2) is 5.31. The van der Waals surface area contributed by atoms with Gasteiger partial charge in [-0.25, -0.2) is 9.37 Å². The van der Waals surface area contributed by atoms with Crippen LogP contribution in [-0.2, 0) is 6.42 Å². The second-order valence-corrected chi connectivity index (χ2v) is 4.37. The summed E-state index contributed by atoms with van der Waals surface area (Å²) in [6, 6.07) is 5.79. The van der Waals surface area contributed by atoms with Gasteiger partial charge >= 0.3 is 0 Å². The van der Waals surface area contributed by atoms with E-state index in [0.717, 1.165) is 6.42 Å². The summed E-state index contributed by atoms with van der Waals surface area (Å²) in [5.41, 5.74) is 0.970. The van der Waals surface area contributed by atoms with E-state index in [4.69, 9.17) is 11.6 Å². The van der Waals surface area contributed by atoms with Crippen molar-refractivity contribution in [2.75, 3.05) is 0 Å². The summed E-state index contributed by atoms with van der Waals surface area (Å²) in [5.74, 6) is -0.167. The van der Waals surface area contributed by atoms with Gasteiger partial charge in [-0.2, -0.15) is 0 Å². The van der Waals surface area contributed by atoms with Crippen molar-refractivity contribution in [1.82, 2.24) is 9.97 Å². The lowest BCUT2D eigenvalue weighted by Crippen LogP contribution is -2.10. The van der Waals surface area contributed by atoms with Gasteiger partial charge in [0.15, 0.2) is 0 Å². The van der Waals surface area contributed by atoms with Gasteiger partial charge in [-0.3, -0.25) is 4.79 Å². The molecule has 1 N–H and O–H groups in total. The zero-order chi connectivity index (χ0) is 13.1. The third-order valence-corrected chi connectivity index (χ3v) is 2.80. The molecule has 18 heavy (non-hydrogen) atoms. The van der Waals surface area contributed by atoms with Crippen molar-refractivity contribution in [2.45, 2.75) is 19.8 Å². The molecule has 1 aromatic carbocycles. The largest absolute Gasteiger partial charge is 0.307 e. The molecule has 0 bridgehead atoms. The number of hydrogen-bond donors (Lipinski definition) is 1. The maximum atomic E-state index is 13.4. The smallest absolute Gasteiger partial charge is 0.251 e. The molecular weight excluding hydrogens is 255 g/mol. The number of nitrogens with one attached hydrogen (secondary N) is 1. The number of aromatic nitrogens is 2. The standard InChI is InChI=1S/C13H12ClFN2O/c1-2-3-9-7-12(18)17-13(16-9)8-4-5-10(14)11(15)6-8/h4-7H,2-3H2,1H3,(H,16,17,18). The van der Waals surface area contributed by atoms with Gasteiger partial charge in [0.2, 0.25) is 0 Å². The van der Waals surface area contributed by atoms with E-state index >= 15 is 0 Å². The van der Waals surface area contributed by atoms with Gasteiger partial charge in [-0.05, 0) is 24.6 Å². The van der Waals surface area contributed by atoms with E-state index in [1.165, 1.54) is 18.2 Å². The maximum absolute atomic E-state index is 13.4. The monoisotopic (exact) mass is 266 g/mol. The Labute approximate surface area is 109 Å². The molecule has 1 heterocycles. The second-order valence-electron chi connectivity index (χ2n) is 3.96. The molecule has 0 fully saturated rings. The van der Waals surface area contributed by atoms with E-state index in [2.05, 4.69) is 9.97 Å². The highest BCUT2D eigenvalue weighted by atomic mass is 35.5. The van der Waals surface area contributed by atoms with Crippen molar-refractivity contribution in [3.05, 3.63) is 51.2 Å². The van der Waals surface area contributed by atoms with Crippen molar-refractivity contribution < 1.29 is 4.39 Å². The van der Waals surface area contributed by atoms with Gasteiger partial charge in [0.05, 0.1) is 5.02 Å². The van der Waals surface area contributed by atoms with Crippen LogP contribution in [0.25, 0.3) is 11.4 Å². The highest BCUT2D eigenvalue weighted by Gasteiger charge is 2.07. The molecule has 3 nitrogen and oxygen atoms in total. The fourth-order valence-corrected chi connectivity index (χ4v) is 1.79. The summed E-state index contributed by atoms with van der Waals surface area (Å²) in [6.07, 6.45) is 1.61. The van der Waals surface area contributed by atoms with Gasteiger partial charge in [0, 0.05) is 17.3 Å². The van der Waals surface area contributed by atoms with Crippen LogP contribution in [0.15, 0.2) is 29.1 Å². The number of aryl methyl sites for hydroxylation is 1. The number of nitrogens with zero attached hydrogens (tertiary/aromatic N) is 1. The normalized spacial score (nSPS) is 10.6. The Morgan fingerprint density at radius 2 is 2.17 bits per heavy atom. The maximum Gasteiger partial charge on any atom is 0.251 e. The first-order valence-electron chi connectivity index (χ1n) is 5.66. The molecular formula is C13H12ClFN2O. The molecule has 0 saturated carbocycles. The number of benzene rings is 1. The van der Waals surface area contributed by atoms with E-state index in [1.807, 2.05) is 6.92 Å². The van der Waals surface area contributed by atoms with E-state index in [9.17, 15) is 9.18 Å². The number of aromatic amines is 1. The Bertz CT molecular complexity index is 625. The SMILES string of the molecule is CCCc1cc(=O)[nH]c(-c2ccc(Cl)c(F)c2)n1. The molecule has 5 heteroatoms. The quantitative estimate of drug-likeness (QED) is 0.927. The minimum absolute atomic E-state index is 0.0470. The average Bonchev–Trinajstić information content (AvgIpc) is 2.32. The minimum Gasteiger partial charge on any atom is -0.307 e. The van der Waals surface area contributed by atoms with Crippen LogP contribution in [0.1, 0.15) is 19.0 Å². The van der Waals surface area contributed by atoms with Gasteiger partial charge in [0.1, 0.15) is 11.6 Å². The molecule has 0 saturated heterocycles. The zero-order valence-corrected chi connectivity index (χ0v) is 10.6. The topological polar surface area (TPSA) is 45.8 Å². The van der Waals surface area contributed by atoms with Crippen molar-refractivity contribution in [3.63, 3.8) is 0 Å². The van der Waals surface area contributed by atoms with Crippen LogP contribution in [0.4, 0.5) is 4.39 Å². The summed E-state index contributed by atoms with van der Waals surface area (Å²) in [6.45, 7) is 2.00. The number of halogens is 2. The summed E-state index contributed by atoms with van der Waals surface area (Å²) in [5, 5.41) is 0.0470. The van der Waals surface area contributed by atoms with Crippen molar-refractivity contribution in [1.29, 1.82) is 0 Å². The number of rotatable bonds is 3. The van der Waals surface area contributed by atoms with Crippen LogP contribution in [0.5, 0.6) is 0 Å². The number of hydrogen-bond acceptors (Lipinski definition) is 2. The third-order valence-electron chi connectivity index (χ3n) is 2.49. The Balaban J connectivity index is 2.49. The van der Waals surface area contributed by atoms with Crippen molar-refractivity contribution in [2.24, 2.45) is 0 Å². The van der Waals surface area contributed by atoms with Crippen LogP contribution >= 0.6 is 11.6 Å². The Morgan fingerprint density at radius 3 is 2.83 bits per heavy atom. The molecule has 2 aromatic rings. The molecule has 0 spiro atoms. The Hall–Kier alpha value is -1.68. The molecule has 0 radical (unpaired) electrons. The molecule has 0 unspecified atom stereocenters. The zero-order valence-electron chi connectivity index (χ0n) is 9.84. The molecule has 1 aromatic heterocycles. The van der Waals surface area contributed by atoms with Gasteiger partial charge in [0.25, 0.3) is 5.56 Å². The lowest BCUT2D eigenvalue weighted by Gasteiger charge is -2.04. The van der Waals surface area contributed by atoms with E-state index in [-0.39, 0.29) is 10.6 Å². The first-order valence-corrected chi connectivity index (χ1v) is 6.03. The summed E-state index contributed by atoms with van der Waals surface area (Å²) < 4.78 is 13.4. The van der Waals surface area contributed by atoms with E-state index in [1.54, 1.807) is 6.07 Å². The minimum atomic E-state index is -0.530. The Kier molecular flexibility index (Phi) is 3.77. The highest BCUT2D eigenvalue weighted by Crippen LogP contribution is 2.21. The third kappa shape index (κ3) is 2.76.